The fourth-order valence-electron chi connectivity index (χ4n) is 11.9. The van der Waals surface area contributed by atoms with Crippen LogP contribution in [0.15, 0.2) is 253 Å². The maximum Gasteiger partial charge on any atom is 0.166 e. The van der Waals surface area contributed by atoms with E-state index in [0.717, 1.165) is 93.7 Å². The summed E-state index contributed by atoms with van der Waals surface area (Å²) < 4.78 is 11.6. The first-order valence-corrected chi connectivity index (χ1v) is 25.4. The summed E-state index contributed by atoms with van der Waals surface area (Å²) in [6.45, 7) is 0. The average Bonchev–Trinajstić information content (AvgIpc) is 4.14. The van der Waals surface area contributed by atoms with E-state index in [-0.39, 0.29) is 0 Å². The van der Waals surface area contributed by atoms with Crippen LogP contribution in [0, 0.1) is 0 Å². The van der Waals surface area contributed by atoms with Crippen molar-refractivity contribution in [3.05, 3.63) is 249 Å². The van der Waals surface area contributed by atoms with Gasteiger partial charge in [0, 0.05) is 60.4 Å². The number of hydrogen-bond donors (Lipinski definition) is 0. The molecule has 0 amide bonds. The summed E-state index contributed by atoms with van der Waals surface area (Å²) in [6.07, 6.45) is 0. The molecule has 0 saturated heterocycles. The van der Waals surface area contributed by atoms with E-state index in [1.165, 1.54) is 43.4 Å². The molecule has 0 aliphatic rings. The minimum atomic E-state index is 0.556. The average molecular weight is 956 g/mol. The second-order valence-corrected chi connectivity index (χ2v) is 19.5. The Kier molecular flexibility index (Phi) is 8.94. The molecule has 4 heterocycles. The van der Waals surface area contributed by atoms with Crippen molar-refractivity contribution >= 4 is 97.9 Å². The van der Waals surface area contributed by atoms with Gasteiger partial charge in [-0.1, -0.05) is 170 Å². The largest absolute Gasteiger partial charge is 0.456 e. The molecule has 0 aliphatic heterocycles. The lowest BCUT2D eigenvalue weighted by molar-refractivity contribution is 0.669. The molecule has 0 bridgehead atoms. The second kappa shape index (κ2) is 16.2. The normalized spacial score (nSPS) is 12.0. The molecule has 348 valence electrons. The monoisotopic (exact) mass is 955 g/mol. The number of nitrogens with zero attached hydrogens (tertiary/aromatic N) is 5. The van der Waals surface area contributed by atoms with Crippen LogP contribution in [0.1, 0.15) is 0 Å². The zero-order chi connectivity index (χ0) is 49.1. The van der Waals surface area contributed by atoms with E-state index in [4.69, 9.17) is 19.4 Å². The number of hydrogen-bond acceptors (Lipinski definition) is 4. The Bertz CT molecular complexity index is 5010. The number of para-hydroxylation sites is 3. The van der Waals surface area contributed by atoms with Crippen LogP contribution in [0.2, 0.25) is 0 Å². The van der Waals surface area contributed by atoms with Gasteiger partial charge in [0.15, 0.2) is 17.5 Å². The van der Waals surface area contributed by atoms with Crippen molar-refractivity contribution in [2.24, 2.45) is 0 Å². The quantitative estimate of drug-likeness (QED) is 0.167. The van der Waals surface area contributed by atoms with Gasteiger partial charge >= 0.3 is 0 Å². The molecular weight excluding hydrogens is 915 g/mol. The summed E-state index contributed by atoms with van der Waals surface area (Å²) in [7, 11) is 0. The van der Waals surface area contributed by atoms with Gasteiger partial charge < -0.3 is 13.6 Å². The standard InChI is InChI=1S/C69H41N5O/c1-3-15-42(16-4-1)45-20-13-21-48(37-45)67-70-68(72-69(71-67)56-27-14-26-54-53-25-11-12-28-59(53)74(66(54)56)50-22-5-2-6-23-50)49-30-34-55-63(40-49)75-62-36-32-44-29-33-51(41-57(44)65(55)62)73-60-35-31-43-17-9-10-24-52(43)64(60)58-38-46-18-7-8-19-47(46)39-61(58)73/h1-41H. The minimum absolute atomic E-state index is 0.556. The SMILES string of the molecule is c1ccc(-c2cccc(-c3nc(-c4ccc5c(c4)oc4ccc6ccc(-n7c8cc9ccccc9cc8c8c9ccccc9ccc87)cc6c45)nc(-c4cccc5c6ccccc6n(-c6ccccc6)c45)n3)c2)cc1. The first-order chi connectivity index (χ1) is 37.2. The van der Waals surface area contributed by atoms with E-state index in [1.807, 2.05) is 6.07 Å². The molecule has 6 heteroatoms. The molecule has 0 radical (unpaired) electrons. The number of furan rings is 1. The predicted molar refractivity (Wildman–Crippen MR) is 310 cm³/mol. The summed E-state index contributed by atoms with van der Waals surface area (Å²) in [5.41, 5.74) is 13.1. The Morgan fingerprint density at radius 2 is 0.920 bits per heavy atom. The van der Waals surface area contributed by atoms with Crippen molar-refractivity contribution in [2.45, 2.75) is 0 Å². The van der Waals surface area contributed by atoms with Crippen LogP contribution >= 0.6 is 0 Å². The number of fused-ring (bicyclic) bond motifs is 14. The Morgan fingerprint density at radius 3 is 1.77 bits per heavy atom. The fourth-order valence-corrected chi connectivity index (χ4v) is 11.9. The van der Waals surface area contributed by atoms with E-state index < -0.39 is 0 Å². The van der Waals surface area contributed by atoms with Crippen LogP contribution in [-0.4, -0.2) is 24.1 Å². The minimum Gasteiger partial charge on any atom is -0.456 e. The van der Waals surface area contributed by atoms with Crippen LogP contribution in [-0.2, 0) is 0 Å². The lowest BCUT2D eigenvalue weighted by atomic mass is 10.0. The highest BCUT2D eigenvalue weighted by Gasteiger charge is 2.22. The van der Waals surface area contributed by atoms with Crippen molar-refractivity contribution in [1.29, 1.82) is 0 Å². The van der Waals surface area contributed by atoms with Crippen LogP contribution in [0.25, 0.3) is 155 Å². The van der Waals surface area contributed by atoms with Gasteiger partial charge in [-0.2, -0.15) is 0 Å². The van der Waals surface area contributed by atoms with Crippen molar-refractivity contribution in [1.82, 2.24) is 24.1 Å². The molecule has 0 saturated carbocycles. The third-order valence-electron chi connectivity index (χ3n) is 15.3. The van der Waals surface area contributed by atoms with Gasteiger partial charge in [0.1, 0.15) is 11.2 Å². The molecular formula is C69H41N5O. The number of rotatable bonds is 6. The van der Waals surface area contributed by atoms with Crippen molar-refractivity contribution in [3.63, 3.8) is 0 Å². The summed E-state index contributed by atoms with van der Waals surface area (Å²) in [5, 5.41) is 14.1. The summed E-state index contributed by atoms with van der Waals surface area (Å²) in [6, 6.07) is 88.6. The third-order valence-corrected chi connectivity index (χ3v) is 15.3. The van der Waals surface area contributed by atoms with Gasteiger partial charge in [-0.25, -0.2) is 15.0 Å². The van der Waals surface area contributed by atoms with E-state index in [0.29, 0.717) is 17.5 Å². The maximum atomic E-state index is 6.86. The van der Waals surface area contributed by atoms with E-state index in [2.05, 4.69) is 252 Å². The van der Waals surface area contributed by atoms with Gasteiger partial charge in [-0.15, -0.1) is 0 Å². The van der Waals surface area contributed by atoms with E-state index in [1.54, 1.807) is 0 Å². The Labute approximate surface area is 429 Å². The molecule has 0 aliphatic carbocycles. The van der Waals surface area contributed by atoms with Crippen LogP contribution in [0.3, 0.4) is 0 Å². The summed E-state index contributed by atoms with van der Waals surface area (Å²) >= 11 is 0. The van der Waals surface area contributed by atoms with Crippen LogP contribution in [0.5, 0.6) is 0 Å². The second-order valence-electron chi connectivity index (χ2n) is 19.5. The summed E-state index contributed by atoms with van der Waals surface area (Å²) in [4.78, 5) is 16.1. The first-order valence-electron chi connectivity index (χ1n) is 25.4. The fraction of sp³-hybridized carbons (Fsp3) is 0. The highest BCUT2D eigenvalue weighted by molar-refractivity contribution is 6.24. The molecule has 6 nitrogen and oxygen atoms in total. The Balaban J connectivity index is 0.896. The zero-order valence-corrected chi connectivity index (χ0v) is 40.3. The Morgan fingerprint density at radius 1 is 0.280 bits per heavy atom. The van der Waals surface area contributed by atoms with Crippen molar-refractivity contribution < 1.29 is 4.42 Å². The predicted octanol–water partition coefficient (Wildman–Crippen LogP) is 18.1. The molecule has 0 N–H and O–H groups in total. The smallest absolute Gasteiger partial charge is 0.166 e. The number of benzene rings is 12. The van der Waals surface area contributed by atoms with E-state index in [9.17, 15) is 0 Å². The van der Waals surface area contributed by atoms with Crippen LogP contribution < -0.4 is 0 Å². The molecule has 0 fully saturated rings. The number of aromatic nitrogens is 5. The van der Waals surface area contributed by atoms with Gasteiger partial charge in [-0.05, 0) is 122 Å². The van der Waals surface area contributed by atoms with Gasteiger partial charge in [0.2, 0.25) is 0 Å². The highest BCUT2D eigenvalue weighted by Crippen LogP contribution is 2.43. The molecule has 12 aromatic carbocycles. The molecule has 0 spiro atoms. The molecule has 16 aromatic rings. The van der Waals surface area contributed by atoms with E-state index >= 15 is 0 Å². The zero-order valence-electron chi connectivity index (χ0n) is 40.3. The van der Waals surface area contributed by atoms with Crippen molar-refractivity contribution in [3.8, 4) is 56.7 Å². The lowest BCUT2D eigenvalue weighted by Gasteiger charge is -2.13. The Hall–Kier alpha value is -10.2. The topological polar surface area (TPSA) is 61.7 Å². The molecule has 16 rings (SSSR count). The van der Waals surface area contributed by atoms with Gasteiger partial charge in [0.05, 0.1) is 22.1 Å². The molecule has 4 aromatic heterocycles. The molecule has 0 unspecified atom stereocenters. The highest BCUT2D eigenvalue weighted by atomic mass is 16.3. The molecule has 75 heavy (non-hydrogen) atoms. The maximum absolute atomic E-state index is 6.86. The van der Waals surface area contributed by atoms with Gasteiger partial charge in [-0.3, -0.25) is 0 Å². The molecule has 0 atom stereocenters. The summed E-state index contributed by atoms with van der Waals surface area (Å²) in [5.74, 6) is 1.72. The first kappa shape index (κ1) is 41.4. The van der Waals surface area contributed by atoms with Crippen LogP contribution in [0.4, 0.5) is 0 Å². The lowest BCUT2D eigenvalue weighted by Crippen LogP contribution is -2.02. The van der Waals surface area contributed by atoms with Gasteiger partial charge in [0.25, 0.3) is 0 Å². The third kappa shape index (κ3) is 6.43. The van der Waals surface area contributed by atoms with Crippen molar-refractivity contribution in [2.75, 3.05) is 0 Å².